The third kappa shape index (κ3) is 3.05. The first kappa shape index (κ1) is 15.8. The second-order valence-corrected chi connectivity index (χ2v) is 5.66. The van der Waals surface area contributed by atoms with Gasteiger partial charge in [-0.1, -0.05) is 29.8 Å². The summed E-state index contributed by atoms with van der Waals surface area (Å²) in [6, 6.07) is 9.83. The minimum atomic E-state index is -0.167. The Morgan fingerprint density at radius 2 is 1.90 bits per heavy atom. The normalized spacial score (nSPS) is 12.3. The molecule has 2 aromatic rings. The van der Waals surface area contributed by atoms with Crippen LogP contribution in [0.3, 0.4) is 0 Å². The second kappa shape index (κ2) is 6.48. The van der Waals surface area contributed by atoms with E-state index < -0.39 is 0 Å². The molecular weight excluding hydrogens is 284 g/mol. The van der Waals surface area contributed by atoms with Gasteiger partial charge in [0.1, 0.15) is 5.75 Å². The summed E-state index contributed by atoms with van der Waals surface area (Å²) in [5.41, 5.74) is 8.30. The van der Waals surface area contributed by atoms with Gasteiger partial charge in [0.15, 0.2) is 0 Å². The van der Waals surface area contributed by atoms with Gasteiger partial charge in [-0.05, 0) is 55.2 Å². The van der Waals surface area contributed by atoms with Gasteiger partial charge < -0.3 is 4.74 Å². The van der Waals surface area contributed by atoms with E-state index in [-0.39, 0.29) is 6.04 Å². The van der Waals surface area contributed by atoms with Crippen LogP contribution in [0.5, 0.6) is 5.75 Å². The number of hydrogen-bond acceptors (Lipinski definition) is 3. The van der Waals surface area contributed by atoms with Crippen molar-refractivity contribution in [1.82, 2.24) is 5.43 Å². The van der Waals surface area contributed by atoms with E-state index >= 15 is 0 Å². The number of aryl methyl sites for hydroxylation is 2. The minimum Gasteiger partial charge on any atom is -0.496 e. The van der Waals surface area contributed by atoms with Gasteiger partial charge in [-0.3, -0.25) is 5.84 Å². The Labute approximate surface area is 131 Å². The average Bonchev–Trinajstić information content (AvgIpc) is 2.45. The van der Waals surface area contributed by atoms with Crippen LogP contribution in [0.1, 0.15) is 33.9 Å². The molecule has 3 nitrogen and oxygen atoms in total. The molecule has 21 heavy (non-hydrogen) atoms. The van der Waals surface area contributed by atoms with E-state index in [2.05, 4.69) is 25.3 Å². The Balaban J connectivity index is 2.64. The molecule has 1 unspecified atom stereocenters. The number of halogens is 1. The maximum absolute atomic E-state index is 6.24. The smallest absolute Gasteiger partial charge is 0.124 e. The van der Waals surface area contributed by atoms with Gasteiger partial charge in [-0.15, -0.1) is 0 Å². The van der Waals surface area contributed by atoms with Crippen LogP contribution >= 0.6 is 11.6 Å². The largest absolute Gasteiger partial charge is 0.496 e. The molecule has 0 bridgehead atoms. The van der Waals surface area contributed by atoms with Crippen LogP contribution in [0.2, 0.25) is 5.02 Å². The molecule has 1 atom stereocenters. The van der Waals surface area contributed by atoms with Gasteiger partial charge >= 0.3 is 0 Å². The molecule has 2 rings (SSSR count). The molecule has 0 aliphatic rings. The highest BCUT2D eigenvalue weighted by Crippen LogP contribution is 2.36. The first-order valence-electron chi connectivity index (χ1n) is 6.85. The van der Waals surface area contributed by atoms with Gasteiger partial charge in [0.2, 0.25) is 0 Å². The van der Waals surface area contributed by atoms with Gasteiger partial charge in [0.05, 0.1) is 13.2 Å². The molecule has 112 valence electrons. The molecule has 0 aliphatic heterocycles. The highest BCUT2D eigenvalue weighted by molar-refractivity contribution is 6.31. The van der Waals surface area contributed by atoms with Crippen LogP contribution in [-0.2, 0) is 0 Å². The van der Waals surface area contributed by atoms with Crippen molar-refractivity contribution in [1.29, 1.82) is 0 Å². The summed E-state index contributed by atoms with van der Waals surface area (Å²) in [5, 5.41) is 0.733. The average molecular weight is 305 g/mol. The van der Waals surface area contributed by atoms with Crippen molar-refractivity contribution in [2.75, 3.05) is 7.11 Å². The molecule has 0 aliphatic carbocycles. The van der Waals surface area contributed by atoms with E-state index in [1.165, 1.54) is 0 Å². The summed E-state index contributed by atoms with van der Waals surface area (Å²) in [4.78, 5) is 0. The summed E-state index contributed by atoms with van der Waals surface area (Å²) in [6.07, 6.45) is 0. The van der Waals surface area contributed by atoms with Gasteiger partial charge in [-0.2, -0.15) is 0 Å². The lowest BCUT2D eigenvalue weighted by Crippen LogP contribution is -2.30. The maximum Gasteiger partial charge on any atom is 0.124 e. The highest BCUT2D eigenvalue weighted by Gasteiger charge is 2.22. The summed E-state index contributed by atoms with van der Waals surface area (Å²) < 4.78 is 5.55. The SMILES string of the molecule is COc1cc(C)cc(C)c1C(NN)c1cccc(Cl)c1C. The van der Waals surface area contributed by atoms with Crippen LogP contribution < -0.4 is 16.0 Å². The van der Waals surface area contributed by atoms with Crippen molar-refractivity contribution in [3.8, 4) is 5.75 Å². The molecule has 4 heteroatoms. The molecule has 0 aromatic heterocycles. The number of nitrogens with two attached hydrogens (primary N) is 1. The topological polar surface area (TPSA) is 47.3 Å². The Morgan fingerprint density at radius 1 is 1.19 bits per heavy atom. The van der Waals surface area contributed by atoms with Crippen molar-refractivity contribution in [3.63, 3.8) is 0 Å². The van der Waals surface area contributed by atoms with Gasteiger partial charge in [-0.25, -0.2) is 5.43 Å². The van der Waals surface area contributed by atoms with Gasteiger partial charge in [0.25, 0.3) is 0 Å². The first-order valence-corrected chi connectivity index (χ1v) is 7.23. The molecule has 0 fully saturated rings. The molecule has 0 saturated carbocycles. The van der Waals surface area contributed by atoms with E-state index in [1.807, 2.05) is 31.2 Å². The summed E-state index contributed by atoms with van der Waals surface area (Å²) in [6.45, 7) is 6.11. The Kier molecular flexibility index (Phi) is 4.88. The summed E-state index contributed by atoms with van der Waals surface area (Å²) in [7, 11) is 1.68. The van der Waals surface area contributed by atoms with Crippen molar-refractivity contribution < 1.29 is 4.74 Å². The van der Waals surface area contributed by atoms with Crippen molar-refractivity contribution in [2.45, 2.75) is 26.8 Å². The fourth-order valence-electron chi connectivity index (χ4n) is 2.74. The lowest BCUT2D eigenvalue weighted by Gasteiger charge is -2.24. The number of ether oxygens (including phenoxy) is 1. The predicted molar refractivity (Wildman–Crippen MR) is 87.8 cm³/mol. The number of rotatable bonds is 4. The van der Waals surface area contributed by atoms with E-state index in [9.17, 15) is 0 Å². The van der Waals surface area contributed by atoms with E-state index in [1.54, 1.807) is 7.11 Å². The maximum atomic E-state index is 6.24. The fraction of sp³-hybridized carbons (Fsp3) is 0.294. The molecule has 0 spiro atoms. The number of methoxy groups -OCH3 is 1. The Hall–Kier alpha value is -1.55. The van der Waals surface area contributed by atoms with E-state index in [4.69, 9.17) is 22.2 Å². The third-order valence-electron chi connectivity index (χ3n) is 3.79. The molecule has 2 aromatic carbocycles. The van der Waals surface area contributed by atoms with Crippen LogP contribution in [0, 0.1) is 20.8 Å². The molecule has 0 heterocycles. The van der Waals surface area contributed by atoms with E-state index in [0.717, 1.165) is 38.6 Å². The number of hydrazine groups is 1. The van der Waals surface area contributed by atoms with Crippen molar-refractivity contribution in [2.24, 2.45) is 5.84 Å². The first-order chi connectivity index (χ1) is 9.99. The van der Waals surface area contributed by atoms with E-state index in [0.29, 0.717) is 0 Å². The molecule has 0 saturated heterocycles. The summed E-state index contributed by atoms with van der Waals surface area (Å²) in [5.74, 6) is 6.67. The summed E-state index contributed by atoms with van der Waals surface area (Å²) >= 11 is 6.24. The zero-order chi connectivity index (χ0) is 15.6. The number of benzene rings is 2. The Bertz CT molecular complexity index is 655. The minimum absolute atomic E-state index is 0.167. The quantitative estimate of drug-likeness (QED) is 0.666. The highest BCUT2D eigenvalue weighted by atomic mass is 35.5. The van der Waals surface area contributed by atoms with Crippen LogP contribution in [0.4, 0.5) is 0 Å². The predicted octanol–water partition coefficient (Wildman–Crippen LogP) is 3.83. The van der Waals surface area contributed by atoms with Crippen molar-refractivity contribution in [3.05, 3.63) is 63.2 Å². The Morgan fingerprint density at radius 3 is 2.52 bits per heavy atom. The molecule has 0 amide bonds. The standard InChI is InChI=1S/C17H21ClN2O/c1-10-8-11(2)16(15(9-10)21-4)17(20-19)13-6-5-7-14(18)12(13)3/h5-9,17,20H,19H2,1-4H3. The zero-order valence-corrected chi connectivity index (χ0v) is 13.6. The molecular formula is C17H21ClN2O. The monoisotopic (exact) mass is 304 g/mol. The van der Waals surface area contributed by atoms with Crippen LogP contribution in [0.15, 0.2) is 30.3 Å². The lowest BCUT2D eigenvalue weighted by atomic mass is 9.91. The van der Waals surface area contributed by atoms with Gasteiger partial charge in [0, 0.05) is 10.6 Å². The van der Waals surface area contributed by atoms with Crippen molar-refractivity contribution >= 4 is 11.6 Å². The third-order valence-corrected chi connectivity index (χ3v) is 4.20. The second-order valence-electron chi connectivity index (χ2n) is 5.25. The lowest BCUT2D eigenvalue weighted by molar-refractivity contribution is 0.403. The van der Waals surface area contributed by atoms with Crippen LogP contribution in [-0.4, -0.2) is 7.11 Å². The molecule has 0 radical (unpaired) electrons. The number of nitrogens with one attached hydrogen (secondary N) is 1. The molecule has 3 N–H and O–H groups in total. The van der Waals surface area contributed by atoms with Crippen LogP contribution in [0.25, 0.3) is 0 Å². The fourth-order valence-corrected chi connectivity index (χ4v) is 2.93. The number of hydrogen-bond donors (Lipinski definition) is 2. The zero-order valence-electron chi connectivity index (χ0n) is 12.8.